The fraction of sp³-hybridized carbons (Fsp3) is 0.350. The number of imidazole rings is 1. The first kappa shape index (κ1) is 16.7. The Labute approximate surface area is 153 Å². The Morgan fingerprint density at radius 3 is 2.73 bits per heavy atom. The van der Waals surface area contributed by atoms with Crippen LogP contribution >= 0.6 is 0 Å². The molecule has 6 nitrogen and oxygen atoms in total. The minimum Gasteiger partial charge on any atom is -0.366 e. The average Bonchev–Trinajstić information content (AvgIpc) is 3.02. The quantitative estimate of drug-likeness (QED) is 0.742. The van der Waals surface area contributed by atoms with Crippen molar-refractivity contribution in [2.24, 2.45) is 7.05 Å². The summed E-state index contributed by atoms with van der Waals surface area (Å²) in [5.41, 5.74) is 2.33. The van der Waals surface area contributed by atoms with E-state index in [1.54, 1.807) is 0 Å². The summed E-state index contributed by atoms with van der Waals surface area (Å²) in [5.74, 6) is 2.78. The Hall–Kier alpha value is -2.73. The molecular formula is C20H24N6. The van der Waals surface area contributed by atoms with Gasteiger partial charge in [0, 0.05) is 38.6 Å². The van der Waals surface area contributed by atoms with Crippen molar-refractivity contribution in [2.45, 2.75) is 32.5 Å². The van der Waals surface area contributed by atoms with Crippen molar-refractivity contribution in [1.82, 2.24) is 24.4 Å². The first-order valence-corrected chi connectivity index (χ1v) is 9.02. The second kappa shape index (κ2) is 7.25. The fourth-order valence-electron chi connectivity index (χ4n) is 3.34. The van der Waals surface area contributed by atoms with Gasteiger partial charge in [-0.15, -0.1) is 0 Å². The summed E-state index contributed by atoms with van der Waals surface area (Å²) in [4.78, 5) is 16.1. The SMILES string of the molecule is Cc1nc(NCc2ccccc2)cc(C2CCN2Cc2nccn2C)n1. The Morgan fingerprint density at radius 1 is 1.19 bits per heavy atom. The number of aromatic nitrogens is 4. The largest absolute Gasteiger partial charge is 0.366 e. The smallest absolute Gasteiger partial charge is 0.130 e. The lowest BCUT2D eigenvalue weighted by Gasteiger charge is -2.40. The Morgan fingerprint density at radius 2 is 2.04 bits per heavy atom. The summed E-state index contributed by atoms with van der Waals surface area (Å²) in [5, 5.41) is 3.43. The molecule has 6 heteroatoms. The summed E-state index contributed by atoms with van der Waals surface area (Å²) in [6.45, 7) is 4.65. The maximum atomic E-state index is 4.69. The maximum Gasteiger partial charge on any atom is 0.130 e. The van der Waals surface area contributed by atoms with Gasteiger partial charge >= 0.3 is 0 Å². The van der Waals surface area contributed by atoms with Gasteiger partial charge in [0.1, 0.15) is 17.5 Å². The van der Waals surface area contributed by atoms with Gasteiger partial charge in [0.2, 0.25) is 0 Å². The predicted molar refractivity (Wildman–Crippen MR) is 102 cm³/mol. The maximum absolute atomic E-state index is 4.69. The van der Waals surface area contributed by atoms with Crippen molar-refractivity contribution in [2.75, 3.05) is 11.9 Å². The zero-order valence-corrected chi connectivity index (χ0v) is 15.3. The molecule has 1 aliphatic heterocycles. The van der Waals surface area contributed by atoms with Crippen LogP contribution in [0.25, 0.3) is 0 Å². The highest BCUT2D eigenvalue weighted by Crippen LogP contribution is 2.34. The third-order valence-electron chi connectivity index (χ3n) is 4.91. The number of anilines is 1. The summed E-state index contributed by atoms with van der Waals surface area (Å²) >= 11 is 0. The summed E-state index contributed by atoms with van der Waals surface area (Å²) in [7, 11) is 2.04. The minimum absolute atomic E-state index is 0.339. The number of nitrogens with zero attached hydrogens (tertiary/aromatic N) is 5. The molecule has 1 aliphatic rings. The Balaban J connectivity index is 1.46. The second-order valence-corrected chi connectivity index (χ2v) is 6.79. The molecular weight excluding hydrogens is 324 g/mol. The first-order valence-electron chi connectivity index (χ1n) is 9.02. The van der Waals surface area contributed by atoms with Gasteiger partial charge in [-0.05, 0) is 18.9 Å². The number of hydrogen-bond acceptors (Lipinski definition) is 5. The van der Waals surface area contributed by atoms with E-state index in [0.717, 1.165) is 49.2 Å². The summed E-state index contributed by atoms with van der Waals surface area (Å²) < 4.78 is 2.08. The molecule has 0 bridgehead atoms. The molecule has 0 saturated carbocycles. The number of nitrogens with one attached hydrogen (secondary N) is 1. The molecule has 3 heterocycles. The zero-order valence-electron chi connectivity index (χ0n) is 15.3. The van der Waals surface area contributed by atoms with Gasteiger partial charge in [-0.3, -0.25) is 4.90 Å². The fourth-order valence-corrected chi connectivity index (χ4v) is 3.34. The Bertz CT molecular complexity index is 873. The molecule has 1 atom stereocenters. The highest BCUT2D eigenvalue weighted by molar-refractivity contribution is 5.38. The third-order valence-corrected chi connectivity index (χ3v) is 4.91. The monoisotopic (exact) mass is 348 g/mol. The van der Waals surface area contributed by atoms with Crippen molar-refractivity contribution >= 4 is 5.82 Å². The number of hydrogen-bond donors (Lipinski definition) is 1. The van der Waals surface area contributed by atoms with Crippen molar-refractivity contribution in [3.63, 3.8) is 0 Å². The zero-order chi connectivity index (χ0) is 17.9. The second-order valence-electron chi connectivity index (χ2n) is 6.79. The lowest BCUT2D eigenvalue weighted by Crippen LogP contribution is -2.41. The van der Waals surface area contributed by atoms with Crippen molar-refractivity contribution < 1.29 is 0 Å². The molecule has 3 aromatic rings. The molecule has 1 aromatic carbocycles. The van der Waals surface area contributed by atoms with E-state index in [9.17, 15) is 0 Å². The van der Waals surface area contributed by atoms with Crippen LogP contribution in [0.1, 0.15) is 35.4 Å². The molecule has 0 amide bonds. The molecule has 0 aliphatic carbocycles. The minimum atomic E-state index is 0.339. The molecule has 1 saturated heterocycles. The van der Waals surface area contributed by atoms with Crippen LogP contribution in [0.3, 0.4) is 0 Å². The van der Waals surface area contributed by atoms with Crippen molar-refractivity contribution in [1.29, 1.82) is 0 Å². The van der Waals surface area contributed by atoms with Crippen LogP contribution in [0.5, 0.6) is 0 Å². The van der Waals surface area contributed by atoms with E-state index < -0.39 is 0 Å². The van der Waals surface area contributed by atoms with E-state index >= 15 is 0 Å². The van der Waals surface area contributed by atoms with Crippen LogP contribution in [0.4, 0.5) is 5.82 Å². The van der Waals surface area contributed by atoms with E-state index in [1.165, 1.54) is 5.56 Å². The van der Waals surface area contributed by atoms with Gasteiger partial charge in [0.15, 0.2) is 0 Å². The molecule has 134 valence electrons. The van der Waals surface area contributed by atoms with Crippen LogP contribution in [-0.2, 0) is 20.1 Å². The van der Waals surface area contributed by atoms with Crippen LogP contribution < -0.4 is 5.32 Å². The standard InChI is InChI=1S/C20H24N6/c1-15-23-17(12-19(24-15)22-13-16-6-4-3-5-7-16)18-8-10-26(18)14-20-21-9-11-25(20)2/h3-7,9,11-12,18H,8,10,13-14H2,1-2H3,(H,22,23,24). The lowest BCUT2D eigenvalue weighted by atomic mass is 9.99. The van der Waals surface area contributed by atoms with Crippen LogP contribution in [0.15, 0.2) is 48.8 Å². The molecule has 1 fully saturated rings. The molecule has 0 radical (unpaired) electrons. The molecule has 1 N–H and O–H groups in total. The number of aryl methyl sites for hydroxylation is 2. The molecule has 1 unspecified atom stereocenters. The normalized spacial score (nSPS) is 17.1. The molecule has 0 spiro atoms. The van der Waals surface area contributed by atoms with Crippen LogP contribution in [0, 0.1) is 6.92 Å². The first-order chi connectivity index (χ1) is 12.7. The predicted octanol–water partition coefficient (Wildman–Crippen LogP) is 3.08. The van der Waals surface area contributed by atoms with Gasteiger partial charge in [0.05, 0.1) is 18.3 Å². The van der Waals surface area contributed by atoms with Gasteiger partial charge in [-0.2, -0.15) is 0 Å². The van der Waals surface area contributed by atoms with Gasteiger partial charge < -0.3 is 9.88 Å². The summed E-state index contributed by atoms with van der Waals surface area (Å²) in [6.07, 6.45) is 4.97. The highest BCUT2D eigenvalue weighted by Gasteiger charge is 2.31. The molecule has 4 rings (SSSR count). The third kappa shape index (κ3) is 3.60. The van der Waals surface area contributed by atoms with E-state index in [-0.39, 0.29) is 0 Å². The van der Waals surface area contributed by atoms with Crippen LogP contribution in [-0.4, -0.2) is 31.0 Å². The number of benzene rings is 1. The molecule has 2 aromatic heterocycles. The number of likely N-dealkylation sites (tertiary alicyclic amines) is 1. The topological polar surface area (TPSA) is 58.9 Å². The van der Waals surface area contributed by atoms with E-state index in [1.807, 2.05) is 32.4 Å². The van der Waals surface area contributed by atoms with Gasteiger partial charge in [-0.25, -0.2) is 15.0 Å². The van der Waals surface area contributed by atoms with E-state index in [2.05, 4.69) is 55.1 Å². The van der Waals surface area contributed by atoms with Gasteiger partial charge in [-0.1, -0.05) is 30.3 Å². The lowest BCUT2D eigenvalue weighted by molar-refractivity contribution is 0.0745. The average molecular weight is 348 g/mol. The summed E-state index contributed by atoms with van der Waals surface area (Å²) in [6, 6.07) is 12.8. The van der Waals surface area contributed by atoms with Crippen LogP contribution in [0.2, 0.25) is 0 Å². The van der Waals surface area contributed by atoms with E-state index in [0.29, 0.717) is 6.04 Å². The molecule has 26 heavy (non-hydrogen) atoms. The Kier molecular flexibility index (Phi) is 4.67. The van der Waals surface area contributed by atoms with Crippen molar-refractivity contribution in [3.8, 4) is 0 Å². The highest BCUT2D eigenvalue weighted by atomic mass is 15.2. The van der Waals surface area contributed by atoms with E-state index in [4.69, 9.17) is 4.98 Å². The van der Waals surface area contributed by atoms with Gasteiger partial charge in [0.25, 0.3) is 0 Å². The number of rotatable bonds is 6. The van der Waals surface area contributed by atoms with Crippen molar-refractivity contribution in [3.05, 3.63) is 71.7 Å².